The van der Waals surface area contributed by atoms with E-state index in [1.165, 1.54) is 11.3 Å². The highest BCUT2D eigenvalue weighted by atomic mass is 16.2. The van der Waals surface area contributed by atoms with Crippen LogP contribution in [0.2, 0.25) is 0 Å². The van der Waals surface area contributed by atoms with Crippen LogP contribution in [0, 0.1) is 0 Å². The fraction of sp³-hybridized carbons (Fsp3) is 0.353. The third kappa shape index (κ3) is 1.83. The minimum Gasteiger partial charge on any atom is -0.353 e. The number of nitrogens with zero attached hydrogens (tertiary/aromatic N) is 2. The van der Waals surface area contributed by atoms with E-state index in [0.29, 0.717) is 0 Å². The SMILES string of the molecule is Cn1cccc1CN1CCC12Cc1ccccc1NC2=O. The molecule has 3 heterocycles. The normalized spacial score (nSPS) is 24.5. The number of hydrogen-bond acceptors (Lipinski definition) is 2. The van der Waals surface area contributed by atoms with Gasteiger partial charge in [0.2, 0.25) is 5.91 Å². The van der Waals surface area contributed by atoms with Crippen LogP contribution in [0.5, 0.6) is 0 Å². The summed E-state index contributed by atoms with van der Waals surface area (Å²) in [6, 6.07) is 12.3. The zero-order chi connectivity index (χ0) is 14.4. The molecule has 1 amide bonds. The minimum atomic E-state index is -0.349. The Balaban J connectivity index is 1.63. The lowest BCUT2D eigenvalue weighted by Crippen LogP contribution is -2.68. The van der Waals surface area contributed by atoms with Crippen LogP contribution in [-0.4, -0.2) is 27.5 Å². The molecule has 0 saturated carbocycles. The summed E-state index contributed by atoms with van der Waals surface area (Å²) in [5, 5.41) is 3.09. The van der Waals surface area contributed by atoms with Crippen molar-refractivity contribution in [1.82, 2.24) is 9.47 Å². The van der Waals surface area contributed by atoms with Crippen LogP contribution < -0.4 is 5.32 Å². The van der Waals surface area contributed by atoms with Crippen molar-refractivity contribution in [2.45, 2.75) is 24.9 Å². The van der Waals surface area contributed by atoms with Crippen molar-refractivity contribution >= 4 is 11.6 Å². The average molecular weight is 281 g/mol. The quantitative estimate of drug-likeness (QED) is 0.916. The van der Waals surface area contributed by atoms with Crippen molar-refractivity contribution in [2.24, 2.45) is 7.05 Å². The molecular weight excluding hydrogens is 262 g/mol. The van der Waals surface area contributed by atoms with Gasteiger partial charge in [-0.3, -0.25) is 9.69 Å². The van der Waals surface area contributed by atoms with Gasteiger partial charge in [-0.25, -0.2) is 0 Å². The number of carbonyl (C=O) groups is 1. The van der Waals surface area contributed by atoms with Gasteiger partial charge in [-0.2, -0.15) is 0 Å². The zero-order valence-corrected chi connectivity index (χ0v) is 12.2. The number of anilines is 1. The molecule has 1 fully saturated rings. The molecule has 1 unspecified atom stereocenters. The third-order valence-corrected chi connectivity index (χ3v) is 4.98. The minimum absolute atomic E-state index is 0.154. The maximum Gasteiger partial charge on any atom is 0.245 e. The van der Waals surface area contributed by atoms with Crippen molar-refractivity contribution in [3.8, 4) is 0 Å². The monoisotopic (exact) mass is 281 g/mol. The Hall–Kier alpha value is -2.07. The smallest absolute Gasteiger partial charge is 0.245 e. The molecule has 0 radical (unpaired) electrons. The number of rotatable bonds is 2. The first-order valence-electron chi connectivity index (χ1n) is 7.44. The molecule has 0 aliphatic carbocycles. The standard InChI is InChI=1S/C17H19N3O/c1-19-9-4-6-14(19)12-20-10-8-17(20)11-13-5-2-3-7-15(13)18-16(17)21/h2-7,9H,8,10-12H2,1H3,(H,18,21). The molecule has 1 N–H and O–H groups in total. The molecule has 2 aliphatic heterocycles. The van der Waals surface area contributed by atoms with E-state index in [1.54, 1.807) is 0 Å². The number of nitrogens with one attached hydrogen (secondary N) is 1. The number of para-hydroxylation sites is 1. The molecular formula is C17H19N3O. The number of amides is 1. The summed E-state index contributed by atoms with van der Waals surface area (Å²) < 4.78 is 2.13. The highest BCUT2D eigenvalue weighted by Crippen LogP contribution is 2.41. The first-order valence-corrected chi connectivity index (χ1v) is 7.44. The predicted molar refractivity (Wildman–Crippen MR) is 81.9 cm³/mol. The molecule has 2 aromatic rings. The van der Waals surface area contributed by atoms with Crippen molar-refractivity contribution in [3.05, 3.63) is 53.9 Å². The molecule has 108 valence electrons. The first kappa shape index (κ1) is 12.7. The van der Waals surface area contributed by atoms with Gasteiger partial charge in [0.05, 0.1) is 0 Å². The highest BCUT2D eigenvalue weighted by molar-refractivity contribution is 6.01. The Morgan fingerprint density at radius 1 is 1.24 bits per heavy atom. The summed E-state index contributed by atoms with van der Waals surface area (Å²) in [6.45, 7) is 1.82. The van der Waals surface area contributed by atoms with Gasteiger partial charge >= 0.3 is 0 Å². The van der Waals surface area contributed by atoms with Gasteiger partial charge in [-0.1, -0.05) is 18.2 Å². The number of hydrogen-bond donors (Lipinski definition) is 1. The van der Waals surface area contributed by atoms with Gasteiger partial charge in [0.15, 0.2) is 0 Å². The lowest BCUT2D eigenvalue weighted by atomic mass is 9.75. The molecule has 4 rings (SSSR count). The predicted octanol–water partition coefficient (Wildman–Crippen LogP) is 2.16. The molecule has 4 nitrogen and oxygen atoms in total. The second-order valence-electron chi connectivity index (χ2n) is 6.10. The number of aromatic nitrogens is 1. The van der Waals surface area contributed by atoms with E-state index >= 15 is 0 Å². The number of carbonyl (C=O) groups excluding carboxylic acids is 1. The van der Waals surface area contributed by atoms with Crippen LogP contribution in [-0.2, 0) is 24.8 Å². The maximum atomic E-state index is 12.6. The van der Waals surface area contributed by atoms with Crippen LogP contribution in [0.1, 0.15) is 17.7 Å². The van der Waals surface area contributed by atoms with E-state index < -0.39 is 0 Å². The van der Waals surface area contributed by atoms with Gasteiger partial charge in [0, 0.05) is 44.1 Å². The summed E-state index contributed by atoms with van der Waals surface area (Å²) in [5.41, 5.74) is 3.12. The second-order valence-corrected chi connectivity index (χ2v) is 6.10. The number of likely N-dealkylation sites (tertiary alicyclic amines) is 1. The summed E-state index contributed by atoms with van der Waals surface area (Å²) >= 11 is 0. The van der Waals surface area contributed by atoms with Crippen LogP contribution in [0.4, 0.5) is 5.69 Å². The van der Waals surface area contributed by atoms with Gasteiger partial charge in [-0.05, 0) is 30.2 Å². The molecule has 4 heteroatoms. The maximum absolute atomic E-state index is 12.6. The molecule has 0 bridgehead atoms. The first-order chi connectivity index (χ1) is 10.2. The van der Waals surface area contributed by atoms with E-state index in [9.17, 15) is 4.79 Å². The summed E-state index contributed by atoms with van der Waals surface area (Å²) in [6.07, 6.45) is 3.81. The van der Waals surface area contributed by atoms with Crippen LogP contribution >= 0.6 is 0 Å². The lowest BCUT2D eigenvalue weighted by Gasteiger charge is -2.53. The Kier molecular flexibility index (Phi) is 2.69. The van der Waals surface area contributed by atoms with Crippen molar-refractivity contribution in [2.75, 3.05) is 11.9 Å². The fourth-order valence-corrected chi connectivity index (χ4v) is 3.51. The Labute approximate surface area is 124 Å². The van der Waals surface area contributed by atoms with E-state index in [0.717, 1.165) is 31.6 Å². The van der Waals surface area contributed by atoms with Crippen LogP contribution in [0.3, 0.4) is 0 Å². The van der Waals surface area contributed by atoms with Crippen LogP contribution in [0.15, 0.2) is 42.6 Å². The second kappa shape index (κ2) is 4.46. The fourth-order valence-electron chi connectivity index (χ4n) is 3.51. The van der Waals surface area contributed by atoms with Crippen molar-refractivity contribution < 1.29 is 4.79 Å². The molecule has 1 aromatic heterocycles. The van der Waals surface area contributed by atoms with Gasteiger partial charge in [-0.15, -0.1) is 0 Å². The molecule has 2 aliphatic rings. The Bertz CT molecular complexity index is 706. The Morgan fingerprint density at radius 2 is 2.10 bits per heavy atom. The highest BCUT2D eigenvalue weighted by Gasteiger charge is 2.52. The van der Waals surface area contributed by atoms with Gasteiger partial charge < -0.3 is 9.88 Å². The van der Waals surface area contributed by atoms with Gasteiger partial charge in [0.25, 0.3) is 0 Å². The number of fused-ring (bicyclic) bond motifs is 1. The molecule has 21 heavy (non-hydrogen) atoms. The van der Waals surface area contributed by atoms with E-state index in [-0.39, 0.29) is 11.4 Å². The molecule has 1 atom stereocenters. The molecule has 1 spiro atoms. The van der Waals surface area contributed by atoms with E-state index in [2.05, 4.69) is 46.2 Å². The van der Waals surface area contributed by atoms with Crippen molar-refractivity contribution in [1.29, 1.82) is 0 Å². The molecule has 1 saturated heterocycles. The summed E-state index contributed by atoms with van der Waals surface area (Å²) in [4.78, 5) is 14.9. The third-order valence-electron chi connectivity index (χ3n) is 4.98. The largest absolute Gasteiger partial charge is 0.353 e. The van der Waals surface area contributed by atoms with E-state index in [1.807, 2.05) is 18.2 Å². The van der Waals surface area contributed by atoms with Gasteiger partial charge in [0.1, 0.15) is 5.54 Å². The van der Waals surface area contributed by atoms with Crippen LogP contribution in [0.25, 0.3) is 0 Å². The molecule has 1 aromatic carbocycles. The number of benzene rings is 1. The summed E-state index contributed by atoms with van der Waals surface area (Å²) in [7, 11) is 2.05. The topological polar surface area (TPSA) is 37.3 Å². The average Bonchev–Trinajstić information content (AvgIpc) is 2.88. The number of aryl methyl sites for hydroxylation is 1. The summed E-state index contributed by atoms with van der Waals surface area (Å²) in [5.74, 6) is 0.154. The Morgan fingerprint density at radius 3 is 2.81 bits per heavy atom. The lowest BCUT2D eigenvalue weighted by molar-refractivity contribution is -0.139. The van der Waals surface area contributed by atoms with E-state index in [4.69, 9.17) is 0 Å². The van der Waals surface area contributed by atoms with Crippen molar-refractivity contribution in [3.63, 3.8) is 0 Å². The zero-order valence-electron chi connectivity index (χ0n) is 12.2.